The van der Waals surface area contributed by atoms with Crippen LogP contribution in [0.4, 0.5) is 11.4 Å². The molecular weight excluding hydrogens is 520 g/mol. The molecule has 1 unspecified atom stereocenters. The van der Waals surface area contributed by atoms with Crippen molar-refractivity contribution in [3.8, 4) is 0 Å². The van der Waals surface area contributed by atoms with Crippen LogP contribution < -0.4 is 9.62 Å². The van der Waals surface area contributed by atoms with Gasteiger partial charge in [0.1, 0.15) is 12.6 Å². The van der Waals surface area contributed by atoms with Gasteiger partial charge in [0.15, 0.2) is 0 Å². The first-order chi connectivity index (χ1) is 18.6. The molecule has 0 saturated heterocycles. The normalized spacial score (nSPS) is 11.9. The van der Waals surface area contributed by atoms with Crippen molar-refractivity contribution in [3.63, 3.8) is 0 Å². The van der Waals surface area contributed by atoms with E-state index in [1.807, 2.05) is 38.1 Å². The number of carbonyl (C=O) groups is 2. The van der Waals surface area contributed by atoms with E-state index < -0.39 is 33.4 Å². The maximum Gasteiger partial charge on any atom is 0.271 e. The zero-order chi connectivity index (χ0) is 28.6. The van der Waals surface area contributed by atoms with Gasteiger partial charge in [0.25, 0.3) is 15.7 Å². The number of hydrogen-bond acceptors (Lipinski definition) is 6. The zero-order valence-corrected chi connectivity index (χ0v) is 22.9. The predicted octanol–water partition coefficient (Wildman–Crippen LogP) is 4.04. The van der Waals surface area contributed by atoms with E-state index in [2.05, 4.69) is 5.32 Å². The molecule has 39 heavy (non-hydrogen) atoms. The molecule has 206 valence electrons. The topological polar surface area (TPSA) is 130 Å². The third-order valence-corrected chi connectivity index (χ3v) is 8.05. The molecule has 0 spiro atoms. The number of nitro benzene ring substituents is 1. The van der Waals surface area contributed by atoms with E-state index in [9.17, 15) is 28.1 Å². The molecule has 0 radical (unpaired) electrons. The number of aryl methyl sites for hydroxylation is 1. The van der Waals surface area contributed by atoms with Gasteiger partial charge in [0.2, 0.25) is 11.8 Å². The Kier molecular flexibility index (Phi) is 9.78. The quantitative estimate of drug-likeness (QED) is 0.267. The molecule has 0 aliphatic rings. The minimum Gasteiger partial charge on any atom is -0.354 e. The Morgan fingerprint density at radius 1 is 1.00 bits per heavy atom. The van der Waals surface area contributed by atoms with Crippen LogP contribution in [0.1, 0.15) is 31.4 Å². The maximum atomic E-state index is 13.9. The number of benzene rings is 3. The highest BCUT2D eigenvalue weighted by molar-refractivity contribution is 7.92. The van der Waals surface area contributed by atoms with Crippen molar-refractivity contribution in [1.82, 2.24) is 10.2 Å². The van der Waals surface area contributed by atoms with Gasteiger partial charge in [-0.3, -0.25) is 24.0 Å². The first-order valence-corrected chi connectivity index (χ1v) is 13.9. The number of sulfonamides is 1. The van der Waals surface area contributed by atoms with E-state index in [1.54, 1.807) is 25.1 Å². The summed E-state index contributed by atoms with van der Waals surface area (Å²) in [6, 6.07) is 19.1. The molecule has 0 aliphatic carbocycles. The fourth-order valence-corrected chi connectivity index (χ4v) is 5.39. The summed E-state index contributed by atoms with van der Waals surface area (Å²) in [7, 11) is -4.30. The first-order valence-electron chi connectivity index (χ1n) is 12.5. The van der Waals surface area contributed by atoms with Crippen LogP contribution in [0.15, 0.2) is 83.8 Å². The summed E-state index contributed by atoms with van der Waals surface area (Å²) in [6.45, 7) is 5.21. The number of non-ortho nitro benzene ring substituents is 1. The standard InChI is InChI=1S/C28H32N4O6S/c1-4-17-29-28(34)22(3)30(19-23-12-9-8-11-21(23)2)27(33)20-31(24-13-10-14-25(18-24)32(35)36)39(37,38)26-15-6-5-7-16-26/h5-16,18,22H,4,17,19-20H2,1-3H3,(H,29,34). The number of nitro groups is 1. The Morgan fingerprint density at radius 3 is 2.31 bits per heavy atom. The highest BCUT2D eigenvalue weighted by atomic mass is 32.2. The SMILES string of the molecule is CCCNC(=O)C(C)N(Cc1ccccc1C)C(=O)CN(c1cccc([N+](=O)[O-])c1)S(=O)(=O)c1ccccc1. The van der Waals surface area contributed by atoms with Crippen LogP contribution >= 0.6 is 0 Å². The van der Waals surface area contributed by atoms with E-state index in [4.69, 9.17) is 0 Å². The van der Waals surface area contributed by atoms with Crippen molar-refractivity contribution in [2.75, 3.05) is 17.4 Å². The fraction of sp³-hybridized carbons (Fsp3) is 0.286. The second-order valence-electron chi connectivity index (χ2n) is 9.02. The van der Waals surface area contributed by atoms with Gasteiger partial charge in [-0.1, -0.05) is 55.5 Å². The average Bonchev–Trinajstić information content (AvgIpc) is 2.94. The lowest BCUT2D eigenvalue weighted by atomic mass is 10.1. The van der Waals surface area contributed by atoms with Crippen LogP contribution in [0.5, 0.6) is 0 Å². The summed E-state index contributed by atoms with van der Waals surface area (Å²) in [5, 5.41) is 14.2. The van der Waals surface area contributed by atoms with Crippen molar-refractivity contribution in [3.05, 3.63) is 100 Å². The van der Waals surface area contributed by atoms with Crippen molar-refractivity contribution >= 4 is 33.2 Å². The smallest absolute Gasteiger partial charge is 0.271 e. The maximum absolute atomic E-state index is 13.9. The Hall–Kier alpha value is -4.25. The van der Waals surface area contributed by atoms with Crippen LogP contribution in [-0.2, 0) is 26.2 Å². The second kappa shape index (κ2) is 13.0. The van der Waals surface area contributed by atoms with Gasteiger partial charge in [0, 0.05) is 25.2 Å². The Bertz CT molecular complexity index is 1430. The number of amides is 2. The van der Waals surface area contributed by atoms with E-state index in [0.717, 1.165) is 21.5 Å². The molecule has 0 saturated carbocycles. The van der Waals surface area contributed by atoms with Gasteiger partial charge in [-0.05, 0) is 49.6 Å². The Labute approximate surface area is 228 Å². The molecule has 0 bridgehead atoms. The molecular formula is C28H32N4O6S. The van der Waals surface area contributed by atoms with E-state index in [-0.39, 0.29) is 28.7 Å². The summed E-state index contributed by atoms with van der Waals surface area (Å²) in [5.74, 6) is -1.00. The molecule has 2 amide bonds. The van der Waals surface area contributed by atoms with Crippen LogP contribution in [0.2, 0.25) is 0 Å². The van der Waals surface area contributed by atoms with Crippen molar-refractivity contribution in [1.29, 1.82) is 0 Å². The lowest BCUT2D eigenvalue weighted by molar-refractivity contribution is -0.384. The van der Waals surface area contributed by atoms with Crippen LogP contribution in [0, 0.1) is 17.0 Å². The third kappa shape index (κ3) is 7.20. The first kappa shape index (κ1) is 29.3. The summed E-state index contributed by atoms with van der Waals surface area (Å²) < 4.78 is 28.3. The highest BCUT2D eigenvalue weighted by Crippen LogP contribution is 2.27. The van der Waals surface area contributed by atoms with Crippen LogP contribution in [0.3, 0.4) is 0 Å². The van der Waals surface area contributed by atoms with Crippen LogP contribution in [-0.4, -0.2) is 49.2 Å². The molecule has 3 aromatic carbocycles. The average molecular weight is 553 g/mol. The number of nitrogens with zero attached hydrogens (tertiary/aromatic N) is 3. The van der Waals surface area contributed by atoms with Gasteiger partial charge in [-0.25, -0.2) is 8.42 Å². The number of rotatable bonds is 12. The molecule has 3 rings (SSSR count). The molecule has 0 aliphatic heterocycles. The monoisotopic (exact) mass is 552 g/mol. The molecule has 0 fully saturated rings. The Morgan fingerprint density at radius 2 is 1.67 bits per heavy atom. The Balaban J connectivity index is 2.06. The lowest BCUT2D eigenvalue weighted by Gasteiger charge is -2.32. The summed E-state index contributed by atoms with van der Waals surface area (Å²) in [4.78, 5) is 38.8. The predicted molar refractivity (Wildman–Crippen MR) is 149 cm³/mol. The number of anilines is 1. The van der Waals surface area contributed by atoms with Crippen molar-refractivity contribution in [2.24, 2.45) is 0 Å². The van der Waals surface area contributed by atoms with E-state index >= 15 is 0 Å². The summed E-state index contributed by atoms with van der Waals surface area (Å²) in [5.41, 5.74) is 1.34. The lowest BCUT2D eigenvalue weighted by Crippen LogP contribution is -2.51. The van der Waals surface area contributed by atoms with Gasteiger partial charge in [-0.15, -0.1) is 0 Å². The number of carbonyl (C=O) groups excluding carboxylic acids is 2. The summed E-state index contributed by atoms with van der Waals surface area (Å²) >= 11 is 0. The van der Waals surface area contributed by atoms with Crippen LogP contribution in [0.25, 0.3) is 0 Å². The fourth-order valence-electron chi connectivity index (χ4n) is 3.96. The van der Waals surface area contributed by atoms with Gasteiger partial charge in [0.05, 0.1) is 15.5 Å². The van der Waals surface area contributed by atoms with E-state index in [1.165, 1.54) is 35.2 Å². The number of hydrogen-bond donors (Lipinski definition) is 1. The van der Waals surface area contributed by atoms with Gasteiger partial charge in [-0.2, -0.15) is 0 Å². The molecule has 0 heterocycles. The van der Waals surface area contributed by atoms with E-state index in [0.29, 0.717) is 13.0 Å². The molecule has 10 nitrogen and oxygen atoms in total. The van der Waals surface area contributed by atoms with Gasteiger partial charge >= 0.3 is 0 Å². The molecule has 1 N–H and O–H groups in total. The second-order valence-corrected chi connectivity index (χ2v) is 10.9. The zero-order valence-electron chi connectivity index (χ0n) is 22.1. The molecule has 0 aromatic heterocycles. The van der Waals surface area contributed by atoms with Crippen molar-refractivity contribution in [2.45, 2.75) is 44.7 Å². The minimum absolute atomic E-state index is 0.0414. The molecule has 1 atom stereocenters. The van der Waals surface area contributed by atoms with Crippen molar-refractivity contribution < 1.29 is 22.9 Å². The summed E-state index contributed by atoms with van der Waals surface area (Å²) in [6.07, 6.45) is 0.708. The number of nitrogens with one attached hydrogen (secondary N) is 1. The largest absolute Gasteiger partial charge is 0.354 e. The highest BCUT2D eigenvalue weighted by Gasteiger charge is 2.33. The molecule has 3 aromatic rings. The molecule has 11 heteroatoms. The third-order valence-electron chi connectivity index (χ3n) is 6.26. The van der Waals surface area contributed by atoms with Gasteiger partial charge < -0.3 is 10.2 Å². The minimum atomic E-state index is -4.30.